The number of ether oxygens (including phenoxy) is 1. The van der Waals surface area contributed by atoms with Crippen LogP contribution in [0.5, 0.6) is 0 Å². The Kier molecular flexibility index (Phi) is 6.07. The van der Waals surface area contributed by atoms with Crippen LogP contribution in [0.4, 0.5) is 5.69 Å². The lowest BCUT2D eigenvalue weighted by Gasteiger charge is -2.20. The summed E-state index contributed by atoms with van der Waals surface area (Å²) in [5, 5.41) is 19.6. The smallest absolute Gasteiger partial charge is 0.323 e. The zero-order valence-electron chi connectivity index (χ0n) is 11.1. The first-order valence-corrected chi connectivity index (χ1v) is 6.18. The number of benzene rings is 1. The lowest BCUT2D eigenvalue weighted by atomic mass is 10.1. The molecule has 1 rings (SSSR count). The van der Waals surface area contributed by atoms with Gasteiger partial charge in [0.25, 0.3) is 11.6 Å². The molecule has 1 aromatic carbocycles. The first-order valence-electron chi connectivity index (χ1n) is 5.80. The van der Waals surface area contributed by atoms with Crippen molar-refractivity contribution in [2.45, 2.75) is 0 Å². The van der Waals surface area contributed by atoms with Crippen molar-refractivity contribution in [1.82, 2.24) is 4.90 Å². The van der Waals surface area contributed by atoms with Gasteiger partial charge in [-0.2, -0.15) is 0 Å². The van der Waals surface area contributed by atoms with Gasteiger partial charge >= 0.3 is 5.97 Å². The van der Waals surface area contributed by atoms with Gasteiger partial charge in [0.2, 0.25) is 0 Å². The highest BCUT2D eigenvalue weighted by atomic mass is 35.5. The van der Waals surface area contributed by atoms with Crippen LogP contribution >= 0.6 is 11.6 Å². The number of nitro benzene ring substituents is 1. The predicted octanol–water partition coefficient (Wildman–Crippen LogP) is 1.42. The molecule has 114 valence electrons. The fourth-order valence-corrected chi connectivity index (χ4v) is 1.83. The number of non-ortho nitro benzene ring substituents is 1. The molecule has 1 amide bonds. The van der Waals surface area contributed by atoms with E-state index in [1.54, 1.807) is 0 Å². The molecule has 0 radical (unpaired) electrons. The molecule has 8 nitrogen and oxygen atoms in total. The van der Waals surface area contributed by atoms with Gasteiger partial charge in [-0.05, 0) is 6.07 Å². The number of aliphatic carboxylic acids is 1. The van der Waals surface area contributed by atoms with Gasteiger partial charge in [0.1, 0.15) is 6.54 Å². The van der Waals surface area contributed by atoms with E-state index in [2.05, 4.69) is 0 Å². The molecule has 0 aliphatic heterocycles. The number of halogens is 1. The van der Waals surface area contributed by atoms with Crippen LogP contribution in [0, 0.1) is 10.1 Å². The lowest BCUT2D eigenvalue weighted by Crippen LogP contribution is -2.38. The Morgan fingerprint density at radius 3 is 2.62 bits per heavy atom. The number of carbonyl (C=O) groups excluding carboxylic acids is 1. The maximum Gasteiger partial charge on any atom is 0.323 e. The summed E-state index contributed by atoms with van der Waals surface area (Å²) in [6.07, 6.45) is 0. The van der Waals surface area contributed by atoms with E-state index >= 15 is 0 Å². The van der Waals surface area contributed by atoms with Gasteiger partial charge < -0.3 is 14.7 Å². The van der Waals surface area contributed by atoms with Gasteiger partial charge in [-0.1, -0.05) is 11.6 Å². The molecule has 0 fully saturated rings. The SMILES string of the molecule is COCCN(CC(=O)O)C(=O)c1cc(Cl)cc([N+](=O)[O-])c1. The second kappa shape index (κ2) is 7.55. The number of carbonyl (C=O) groups is 2. The van der Waals surface area contributed by atoms with Crippen molar-refractivity contribution >= 4 is 29.2 Å². The maximum absolute atomic E-state index is 12.2. The Labute approximate surface area is 125 Å². The van der Waals surface area contributed by atoms with Crippen LogP contribution in [-0.2, 0) is 9.53 Å². The molecule has 0 aromatic heterocycles. The molecule has 1 N–H and O–H groups in total. The second-order valence-corrected chi connectivity index (χ2v) is 4.50. The summed E-state index contributed by atoms with van der Waals surface area (Å²) in [5.41, 5.74) is -0.389. The quantitative estimate of drug-likeness (QED) is 0.601. The monoisotopic (exact) mass is 316 g/mol. The molecular weight excluding hydrogens is 304 g/mol. The molecular formula is C12H13ClN2O6. The van der Waals surface area contributed by atoms with Gasteiger partial charge in [0.05, 0.1) is 11.5 Å². The van der Waals surface area contributed by atoms with Crippen LogP contribution in [0.2, 0.25) is 5.02 Å². The number of hydrogen-bond acceptors (Lipinski definition) is 5. The average molecular weight is 317 g/mol. The van der Waals surface area contributed by atoms with E-state index in [0.29, 0.717) is 0 Å². The number of carboxylic acid groups (broad SMARTS) is 1. The van der Waals surface area contributed by atoms with E-state index in [9.17, 15) is 19.7 Å². The van der Waals surface area contributed by atoms with Gasteiger partial charge in [0.15, 0.2) is 0 Å². The largest absolute Gasteiger partial charge is 0.480 e. The molecule has 0 aliphatic rings. The standard InChI is InChI=1S/C12H13ClN2O6/c1-21-3-2-14(7-11(16)17)12(18)8-4-9(13)6-10(5-8)15(19)20/h4-6H,2-3,7H2,1H3,(H,16,17). The molecule has 0 saturated heterocycles. The van der Waals surface area contributed by atoms with Crippen molar-refractivity contribution < 1.29 is 24.4 Å². The summed E-state index contributed by atoms with van der Waals surface area (Å²) in [7, 11) is 1.41. The minimum absolute atomic E-state index is 0.0227. The van der Waals surface area contributed by atoms with Crippen molar-refractivity contribution in [2.75, 3.05) is 26.8 Å². The third-order valence-corrected chi connectivity index (χ3v) is 2.74. The summed E-state index contributed by atoms with van der Waals surface area (Å²) in [6, 6.07) is 3.41. The van der Waals surface area contributed by atoms with Crippen molar-refractivity contribution in [2.24, 2.45) is 0 Å². The van der Waals surface area contributed by atoms with Crippen LogP contribution in [0.25, 0.3) is 0 Å². The predicted molar refractivity (Wildman–Crippen MR) is 73.5 cm³/mol. The molecule has 0 saturated carbocycles. The number of carboxylic acids is 1. The van der Waals surface area contributed by atoms with Gasteiger partial charge in [-0.3, -0.25) is 19.7 Å². The van der Waals surface area contributed by atoms with E-state index in [4.69, 9.17) is 21.4 Å². The summed E-state index contributed by atoms with van der Waals surface area (Å²) < 4.78 is 4.80. The fourth-order valence-electron chi connectivity index (χ4n) is 1.60. The van der Waals surface area contributed by atoms with Gasteiger partial charge in [-0.25, -0.2) is 0 Å². The van der Waals surface area contributed by atoms with Gasteiger partial charge in [-0.15, -0.1) is 0 Å². The Balaban J connectivity index is 3.07. The molecule has 0 atom stereocenters. The van der Waals surface area contributed by atoms with E-state index in [1.807, 2.05) is 0 Å². The minimum atomic E-state index is -1.20. The molecule has 9 heteroatoms. The maximum atomic E-state index is 12.2. The summed E-state index contributed by atoms with van der Waals surface area (Å²) in [6.45, 7) is -0.355. The van der Waals surface area contributed by atoms with E-state index in [0.717, 1.165) is 17.0 Å². The Morgan fingerprint density at radius 2 is 2.10 bits per heavy atom. The number of amides is 1. The number of rotatable bonds is 7. The highest BCUT2D eigenvalue weighted by Crippen LogP contribution is 2.22. The highest BCUT2D eigenvalue weighted by molar-refractivity contribution is 6.31. The van der Waals surface area contributed by atoms with Crippen LogP contribution in [0.3, 0.4) is 0 Å². The van der Waals surface area contributed by atoms with E-state index in [-0.39, 0.29) is 29.4 Å². The van der Waals surface area contributed by atoms with Crippen LogP contribution in [0.1, 0.15) is 10.4 Å². The third-order valence-electron chi connectivity index (χ3n) is 2.52. The minimum Gasteiger partial charge on any atom is -0.480 e. The fraction of sp³-hybridized carbons (Fsp3) is 0.333. The van der Waals surface area contributed by atoms with Crippen molar-refractivity contribution in [3.63, 3.8) is 0 Å². The molecule has 0 unspecified atom stereocenters. The van der Waals surface area contributed by atoms with Crippen LogP contribution in [0.15, 0.2) is 18.2 Å². The van der Waals surface area contributed by atoms with Crippen molar-refractivity contribution in [3.8, 4) is 0 Å². The Morgan fingerprint density at radius 1 is 1.43 bits per heavy atom. The zero-order valence-corrected chi connectivity index (χ0v) is 11.9. The van der Waals surface area contributed by atoms with Crippen molar-refractivity contribution in [1.29, 1.82) is 0 Å². The summed E-state index contributed by atoms with van der Waals surface area (Å²) in [5.74, 6) is -1.86. The molecule has 0 bridgehead atoms. The second-order valence-electron chi connectivity index (χ2n) is 4.07. The molecule has 21 heavy (non-hydrogen) atoms. The summed E-state index contributed by atoms with van der Waals surface area (Å²) in [4.78, 5) is 34.1. The number of hydrogen-bond donors (Lipinski definition) is 1. The van der Waals surface area contributed by atoms with Crippen LogP contribution < -0.4 is 0 Å². The topological polar surface area (TPSA) is 110 Å². The molecule has 0 spiro atoms. The first kappa shape index (κ1) is 16.9. The third kappa shape index (κ3) is 5.01. The zero-order chi connectivity index (χ0) is 16.0. The molecule has 0 heterocycles. The number of nitrogens with zero attached hydrogens (tertiary/aromatic N) is 2. The van der Waals surface area contributed by atoms with E-state index in [1.165, 1.54) is 13.2 Å². The number of nitro groups is 1. The van der Waals surface area contributed by atoms with Crippen LogP contribution in [-0.4, -0.2) is 53.6 Å². The Hall–Kier alpha value is -2.19. The van der Waals surface area contributed by atoms with E-state index < -0.39 is 23.3 Å². The van der Waals surface area contributed by atoms with Gasteiger partial charge in [0, 0.05) is 36.4 Å². The highest BCUT2D eigenvalue weighted by Gasteiger charge is 2.21. The average Bonchev–Trinajstić information content (AvgIpc) is 2.41. The number of methoxy groups -OCH3 is 1. The lowest BCUT2D eigenvalue weighted by molar-refractivity contribution is -0.384. The molecule has 1 aromatic rings. The first-order chi connectivity index (χ1) is 9.85. The molecule has 0 aliphatic carbocycles. The normalized spacial score (nSPS) is 10.2. The summed E-state index contributed by atoms with van der Waals surface area (Å²) >= 11 is 5.74. The Bertz CT molecular complexity index is 563. The van der Waals surface area contributed by atoms with Crippen molar-refractivity contribution in [3.05, 3.63) is 38.9 Å².